The standard InChI is InChI=1S/C10H13NO4/c11-9(10(13)14)6-15-8-3-1-7(5-12)2-4-8/h1-4,9,12H,5-6,11H2,(H,13,14). The maximum absolute atomic E-state index is 10.4. The number of carbonyl (C=O) groups is 1. The molecule has 0 radical (unpaired) electrons. The molecular formula is C10H13NO4. The second kappa shape index (κ2) is 5.33. The number of aliphatic carboxylic acids is 1. The van der Waals surface area contributed by atoms with E-state index in [-0.39, 0.29) is 13.2 Å². The predicted molar refractivity (Wildman–Crippen MR) is 53.5 cm³/mol. The molecule has 0 aliphatic rings. The minimum atomic E-state index is -1.10. The summed E-state index contributed by atoms with van der Waals surface area (Å²) in [7, 11) is 0. The summed E-state index contributed by atoms with van der Waals surface area (Å²) in [5.41, 5.74) is 6.02. The minimum absolute atomic E-state index is 0.0328. The normalized spacial score (nSPS) is 12.1. The van der Waals surface area contributed by atoms with Crippen molar-refractivity contribution in [3.63, 3.8) is 0 Å². The number of ether oxygens (including phenoxy) is 1. The van der Waals surface area contributed by atoms with Gasteiger partial charge in [0.2, 0.25) is 0 Å². The molecule has 0 aliphatic carbocycles. The number of carboxylic acids is 1. The number of nitrogens with two attached hydrogens (primary N) is 1. The Morgan fingerprint density at radius 1 is 1.40 bits per heavy atom. The Balaban J connectivity index is 2.47. The summed E-state index contributed by atoms with van der Waals surface area (Å²) in [5, 5.41) is 17.3. The molecule has 0 aliphatic heterocycles. The van der Waals surface area contributed by atoms with E-state index in [0.717, 1.165) is 5.56 Å². The molecule has 0 aromatic heterocycles. The fourth-order valence-corrected chi connectivity index (χ4v) is 0.948. The third-order valence-corrected chi connectivity index (χ3v) is 1.85. The summed E-state index contributed by atoms with van der Waals surface area (Å²) in [6, 6.07) is 5.67. The van der Waals surface area contributed by atoms with Crippen LogP contribution in [0, 0.1) is 0 Å². The van der Waals surface area contributed by atoms with Gasteiger partial charge in [0, 0.05) is 0 Å². The van der Waals surface area contributed by atoms with Crippen LogP contribution in [0.15, 0.2) is 24.3 Å². The number of aliphatic hydroxyl groups excluding tert-OH is 1. The first kappa shape index (κ1) is 11.5. The summed E-state index contributed by atoms with van der Waals surface area (Å²) in [4.78, 5) is 10.4. The van der Waals surface area contributed by atoms with E-state index >= 15 is 0 Å². The third kappa shape index (κ3) is 3.57. The molecule has 0 saturated heterocycles. The van der Waals surface area contributed by atoms with Crippen LogP contribution < -0.4 is 10.5 Å². The zero-order valence-electron chi connectivity index (χ0n) is 8.09. The van der Waals surface area contributed by atoms with Crippen LogP contribution in [0.25, 0.3) is 0 Å². The van der Waals surface area contributed by atoms with Gasteiger partial charge in [-0.25, -0.2) is 0 Å². The first-order valence-electron chi connectivity index (χ1n) is 4.44. The molecule has 4 N–H and O–H groups in total. The van der Waals surface area contributed by atoms with Crippen LogP contribution in [-0.2, 0) is 11.4 Å². The third-order valence-electron chi connectivity index (χ3n) is 1.85. The quantitative estimate of drug-likeness (QED) is 0.636. The Bertz CT molecular complexity index is 323. The van der Waals surface area contributed by atoms with E-state index in [1.54, 1.807) is 24.3 Å². The zero-order chi connectivity index (χ0) is 11.3. The monoisotopic (exact) mass is 211 g/mol. The van der Waals surface area contributed by atoms with Gasteiger partial charge in [-0.1, -0.05) is 12.1 Å². The molecule has 5 heteroatoms. The molecule has 1 unspecified atom stereocenters. The second-order valence-corrected chi connectivity index (χ2v) is 3.06. The minimum Gasteiger partial charge on any atom is -0.491 e. The Morgan fingerprint density at radius 3 is 2.47 bits per heavy atom. The second-order valence-electron chi connectivity index (χ2n) is 3.06. The van der Waals surface area contributed by atoms with E-state index < -0.39 is 12.0 Å². The van der Waals surface area contributed by atoms with Crippen LogP contribution in [-0.4, -0.2) is 28.8 Å². The number of hydrogen-bond acceptors (Lipinski definition) is 4. The molecule has 1 atom stereocenters. The van der Waals surface area contributed by atoms with Gasteiger partial charge < -0.3 is 20.7 Å². The van der Waals surface area contributed by atoms with Crippen LogP contribution in [0.5, 0.6) is 5.75 Å². The highest BCUT2D eigenvalue weighted by Gasteiger charge is 2.11. The van der Waals surface area contributed by atoms with Gasteiger partial charge in [0.25, 0.3) is 0 Å². The fraction of sp³-hybridized carbons (Fsp3) is 0.300. The van der Waals surface area contributed by atoms with Crippen molar-refractivity contribution in [2.45, 2.75) is 12.6 Å². The molecule has 1 rings (SSSR count). The molecule has 0 heterocycles. The SMILES string of the molecule is NC(COc1ccc(CO)cc1)C(=O)O. The van der Waals surface area contributed by atoms with Crippen molar-refractivity contribution in [1.82, 2.24) is 0 Å². The predicted octanol–water partition coefficient (Wildman–Crippen LogP) is -0.0304. The molecular weight excluding hydrogens is 198 g/mol. The van der Waals surface area contributed by atoms with Crippen molar-refractivity contribution in [3.05, 3.63) is 29.8 Å². The van der Waals surface area contributed by atoms with Crippen LogP contribution in [0.4, 0.5) is 0 Å². The lowest BCUT2D eigenvalue weighted by molar-refractivity contribution is -0.139. The van der Waals surface area contributed by atoms with Gasteiger partial charge in [-0.15, -0.1) is 0 Å². The Hall–Kier alpha value is -1.59. The molecule has 82 valence electrons. The number of aliphatic hydroxyl groups is 1. The van der Waals surface area contributed by atoms with Gasteiger partial charge in [0.05, 0.1) is 6.61 Å². The number of benzene rings is 1. The highest BCUT2D eigenvalue weighted by atomic mass is 16.5. The number of hydrogen-bond donors (Lipinski definition) is 3. The lowest BCUT2D eigenvalue weighted by atomic mass is 10.2. The molecule has 1 aromatic carbocycles. The Kier molecular flexibility index (Phi) is 4.08. The lowest BCUT2D eigenvalue weighted by Gasteiger charge is -2.09. The summed E-state index contributed by atoms with van der Waals surface area (Å²) in [6.07, 6.45) is 0. The zero-order valence-corrected chi connectivity index (χ0v) is 8.09. The van der Waals surface area contributed by atoms with E-state index in [9.17, 15) is 4.79 Å². The van der Waals surface area contributed by atoms with E-state index in [2.05, 4.69) is 0 Å². The molecule has 0 saturated carbocycles. The van der Waals surface area contributed by atoms with Gasteiger partial charge in [-0.3, -0.25) is 4.79 Å². The van der Waals surface area contributed by atoms with Gasteiger partial charge in [-0.2, -0.15) is 0 Å². The highest BCUT2D eigenvalue weighted by molar-refractivity contribution is 5.73. The largest absolute Gasteiger partial charge is 0.491 e. The van der Waals surface area contributed by atoms with Gasteiger partial charge in [0.15, 0.2) is 0 Å². The first-order valence-corrected chi connectivity index (χ1v) is 4.44. The van der Waals surface area contributed by atoms with Crippen molar-refractivity contribution >= 4 is 5.97 Å². The van der Waals surface area contributed by atoms with Crippen molar-refractivity contribution in [2.24, 2.45) is 5.73 Å². The van der Waals surface area contributed by atoms with Crippen molar-refractivity contribution in [1.29, 1.82) is 0 Å². The average molecular weight is 211 g/mol. The van der Waals surface area contributed by atoms with Crippen molar-refractivity contribution in [3.8, 4) is 5.75 Å². The Morgan fingerprint density at radius 2 is 2.00 bits per heavy atom. The molecule has 0 bridgehead atoms. The molecule has 0 amide bonds. The van der Waals surface area contributed by atoms with Gasteiger partial charge in [0.1, 0.15) is 18.4 Å². The van der Waals surface area contributed by atoms with E-state index in [1.165, 1.54) is 0 Å². The van der Waals surface area contributed by atoms with E-state index in [0.29, 0.717) is 5.75 Å². The van der Waals surface area contributed by atoms with Crippen LogP contribution in [0.1, 0.15) is 5.56 Å². The summed E-state index contributed by atoms with van der Waals surface area (Å²) in [6.45, 7) is -0.108. The number of carboxylic acid groups (broad SMARTS) is 1. The van der Waals surface area contributed by atoms with E-state index in [1.807, 2.05) is 0 Å². The smallest absolute Gasteiger partial charge is 0.324 e. The molecule has 15 heavy (non-hydrogen) atoms. The molecule has 0 fully saturated rings. The topological polar surface area (TPSA) is 92.8 Å². The summed E-state index contributed by atoms with van der Waals surface area (Å²) >= 11 is 0. The van der Waals surface area contributed by atoms with Crippen LogP contribution in [0.3, 0.4) is 0 Å². The fourth-order valence-electron chi connectivity index (χ4n) is 0.948. The van der Waals surface area contributed by atoms with Crippen molar-refractivity contribution < 1.29 is 19.7 Å². The highest BCUT2D eigenvalue weighted by Crippen LogP contribution is 2.12. The summed E-state index contributed by atoms with van der Waals surface area (Å²) < 4.78 is 5.14. The van der Waals surface area contributed by atoms with E-state index in [4.69, 9.17) is 20.7 Å². The maximum atomic E-state index is 10.4. The first-order chi connectivity index (χ1) is 7.13. The van der Waals surface area contributed by atoms with Crippen LogP contribution >= 0.6 is 0 Å². The molecule has 0 spiro atoms. The average Bonchev–Trinajstić information content (AvgIpc) is 2.26. The Labute approximate surface area is 87.1 Å². The van der Waals surface area contributed by atoms with Gasteiger partial charge in [-0.05, 0) is 17.7 Å². The lowest BCUT2D eigenvalue weighted by Crippen LogP contribution is -2.36. The summed E-state index contributed by atoms with van der Waals surface area (Å²) in [5.74, 6) is -0.564. The molecule has 5 nitrogen and oxygen atoms in total. The number of rotatable bonds is 5. The maximum Gasteiger partial charge on any atom is 0.324 e. The van der Waals surface area contributed by atoms with Crippen molar-refractivity contribution in [2.75, 3.05) is 6.61 Å². The molecule has 1 aromatic rings. The van der Waals surface area contributed by atoms with Crippen LogP contribution in [0.2, 0.25) is 0 Å². The van der Waals surface area contributed by atoms with Gasteiger partial charge >= 0.3 is 5.97 Å².